The minimum atomic E-state index is -0.408. The molecule has 1 saturated carbocycles. The Morgan fingerprint density at radius 1 is 1.48 bits per heavy atom. The molecule has 0 radical (unpaired) electrons. The van der Waals surface area contributed by atoms with Crippen molar-refractivity contribution in [1.29, 1.82) is 0 Å². The Hall–Kier alpha value is -1.56. The monoisotopic (exact) mass is 294 g/mol. The van der Waals surface area contributed by atoms with Crippen LogP contribution in [0, 0.1) is 19.8 Å². The summed E-state index contributed by atoms with van der Waals surface area (Å²) in [6.07, 6.45) is 2.49. The lowest BCUT2D eigenvalue weighted by Gasteiger charge is -2.16. The van der Waals surface area contributed by atoms with E-state index < -0.39 is 6.10 Å². The number of aliphatic hydroxyl groups is 1. The number of amides is 2. The first-order valence-electron chi connectivity index (χ1n) is 7.60. The predicted octanol–water partition coefficient (Wildman–Crippen LogP) is 1.04. The molecule has 21 heavy (non-hydrogen) atoms. The number of aryl methyl sites for hydroxylation is 2. The molecule has 0 unspecified atom stereocenters. The van der Waals surface area contributed by atoms with E-state index in [1.54, 1.807) is 0 Å². The average Bonchev–Trinajstić information content (AvgIpc) is 3.22. The lowest BCUT2D eigenvalue weighted by Crippen LogP contribution is -2.44. The topological polar surface area (TPSA) is 79.2 Å². The number of urea groups is 1. The van der Waals surface area contributed by atoms with Crippen molar-refractivity contribution < 1.29 is 9.90 Å². The van der Waals surface area contributed by atoms with Crippen molar-refractivity contribution in [3.63, 3.8) is 0 Å². The zero-order chi connectivity index (χ0) is 15.6. The molecule has 2 atom stereocenters. The smallest absolute Gasteiger partial charge is 0.315 e. The Labute approximate surface area is 125 Å². The van der Waals surface area contributed by atoms with E-state index in [9.17, 15) is 9.90 Å². The lowest BCUT2D eigenvalue weighted by molar-refractivity contribution is 0.149. The first kappa shape index (κ1) is 15.8. The van der Waals surface area contributed by atoms with Gasteiger partial charge in [0, 0.05) is 25.3 Å². The lowest BCUT2D eigenvalue weighted by atomic mass is 10.1. The summed E-state index contributed by atoms with van der Waals surface area (Å²) >= 11 is 0. The number of carbonyl (C=O) groups excluding carboxylic acids is 1. The second-order valence-electron chi connectivity index (χ2n) is 6.14. The summed E-state index contributed by atoms with van der Waals surface area (Å²) < 4.78 is 1.86. The second kappa shape index (κ2) is 6.47. The highest BCUT2D eigenvalue weighted by molar-refractivity contribution is 5.74. The number of hydrogen-bond acceptors (Lipinski definition) is 3. The van der Waals surface area contributed by atoms with Crippen LogP contribution in [0.4, 0.5) is 4.79 Å². The number of carbonyl (C=O) groups is 1. The van der Waals surface area contributed by atoms with Crippen LogP contribution in [0.3, 0.4) is 0 Å². The third-order valence-corrected chi connectivity index (χ3v) is 4.18. The van der Waals surface area contributed by atoms with Crippen LogP contribution in [-0.4, -0.2) is 39.6 Å². The molecule has 0 spiro atoms. The summed E-state index contributed by atoms with van der Waals surface area (Å²) in [5, 5.41) is 19.8. The number of nitrogens with one attached hydrogen (secondary N) is 2. The first-order valence-corrected chi connectivity index (χ1v) is 7.60. The molecule has 6 heteroatoms. The van der Waals surface area contributed by atoms with Crippen LogP contribution in [0.2, 0.25) is 0 Å². The van der Waals surface area contributed by atoms with E-state index >= 15 is 0 Å². The Kier molecular flexibility index (Phi) is 4.88. The maximum absolute atomic E-state index is 11.8. The van der Waals surface area contributed by atoms with Crippen molar-refractivity contribution in [1.82, 2.24) is 20.4 Å². The zero-order valence-electron chi connectivity index (χ0n) is 13.3. The molecule has 1 aliphatic carbocycles. The largest absolute Gasteiger partial charge is 0.391 e. The van der Waals surface area contributed by atoms with Gasteiger partial charge in [-0.05, 0) is 51.5 Å². The molecule has 1 aliphatic rings. The van der Waals surface area contributed by atoms with Gasteiger partial charge in [-0.15, -0.1) is 0 Å². The van der Waals surface area contributed by atoms with Crippen molar-refractivity contribution in [2.75, 3.05) is 6.54 Å². The van der Waals surface area contributed by atoms with Gasteiger partial charge in [0.25, 0.3) is 0 Å². The summed E-state index contributed by atoms with van der Waals surface area (Å²) in [6, 6.07) is -0.203. The van der Waals surface area contributed by atoms with Gasteiger partial charge in [-0.2, -0.15) is 5.10 Å². The van der Waals surface area contributed by atoms with Crippen LogP contribution in [0.25, 0.3) is 0 Å². The van der Waals surface area contributed by atoms with Gasteiger partial charge in [-0.1, -0.05) is 0 Å². The Morgan fingerprint density at radius 2 is 2.14 bits per heavy atom. The molecule has 0 bridgehead atoms. The summed E-state index contributed by atoms with van der Waals surface area (Å²) in [5.74, 6) is 0.378. The Bertz CT molecular complexity index is 508. The van der Waals surface area contributed by atoms with Crippen LogP contribution < -0.4 is 10.6 Å². The second-order valence-corrected chi connectivity index (χ2v) is 6.14. The van der Waals surface area contributed by atoms with E-state index in [1.165, 1.54) is 5.56 Å². The van der Waals surface area contributed by atoms with Crippen LogP contribution in [0.5, 0.6) is 0 Å². The fourth-order valence-corrected chi connectivity index (χ4v) is 2.59. The fraction of sp³-hybridized carbons (Fsp3) is 0.733. The van der Waals surface area contributed by atoms with Gasteiger partial charge in [0.1, 0.15) is 0 Å². The molecule has 1 aromatic rings. The van der Waals surface area contributed by atoms with Crippen molar-refractivity contribution in [3.05, 3.63) is 17.0 Å². The van der Waals surface area contributed by atoms with Crippen molar-refractivity contribution in [2.45, 2.75) is 52.2 Å². The predicted molar refractivity (Wildman–Crippen MR) is 81.1 cm³/mol. The molecule has 3 N–H and O–H groups in total. The van der Waals surface area contributed by atoms with Gasteiger partial charge in [0.2, 0.25) is 0 Å². The number of rotatable bonds is 6. The van der Waals surface area contributed by atoms with Gasteiger partial charge in [-0.25, -0.2) is 4.79 Å². The van der Waals surface area contributed by atoms with E-state index in [-0.39, 0.29) is 12.1 Å². The SMILES string of the molecule is Cc1nn(C)c(C)c1C[C@@H](C)NC(=O)NC[C@H](O)C1CC1. The summed E-state index contributed by atoms with van der Waals surface area (Å²) in [5.41, 5.74) is 3.32. The summed E-state index contributed by atoms with van der Waals surface area (Å²) in [6.45, 7) is 6.33. The van der Waals surface area contributed by atoms with E-state index in [4.69, 9.17) is 0 Å². The molecule has 0 aromatic carbocycles. The molecule has 1 heterocycles. The zero-order valence-corrected chi connectivity index (χ0v) is 13.3. The number of nitrogens with zero attached hydrogens (tertiary/aromatic N) is 2. The maximum atomic E-state index is 11.8. The number of aromatic nitrogens is 2. The molecular formula is C15H26N4O2. The molecule has 2 rings (SSSR count). The molecule has 0 aliphatic heterocycles. The molecule has 2 amide bonds. The van der Waals surface area contributed by atoms with Crippen molar-refractivity contribution >= 4 is 6.03 Å². The van der Waals surface area contributed by atoms with Gasteiger partial charge < -0.3 is 15.7 Å². The van der Waals surface area contributed by atoms with Gasteiger partial charge in [-0.3, -0.25) is 4.68 Å². The summed E-state index contributed by atoms with van der Waals surface area (Å²) in [7, 11) is 1.93. The van der Waals surface area contributed by atoms with E-state index in [0.29, 0.717) is 12.5 Å². The number of aliphatic hydroxyl groups excluding tert-OH is 1. The van der Waals surface area contributed by atoms with Crippen LogP contribution in [-0.2, 0) is 13.5 Å². The van der Waals surface area contributed by atoms with E-state index in [2.05, 4.69) is 15.7 Å². The maximum Gasteiger partial charge on any atom is 0.315 e. The third-order valence-electron chi connectivity index (χ3n) is 4.18. The number of hydrogen-bond donors (Lipinski definition) is 3. The first-order chi connectivity index (χ1) is 9.88. The quantitative estimate of drug-likeness (QED) is 0.733. The van der Waals surface area contributed by atoms with Crippen molar-refractivity contribution in [2.24, 2.45) is 13.0 Å². The minimum Gasteiger partial charge on any atom is -0.391 e. The molecule has 1 fully saturated rings. The van der Waals surface area contributed by atoms with Crippen LogP contribution >= 0.6 is 0 Å². The fourth-order valence-electron chi connectivity index (χ4n) is 2.59. The highest BCUT2D eigenvalue weighted by Gasteiger charge is 2.29. The Morgan fingerprint density at radius 3 is 2.67 bits per heavy atom. The Balaban J connectivity index is 1.77. The molecule has 6 nitrogen and oxygen atoms in total. The van der Waals surface area contributed by atoms with Crippen LogP contribution in [0.1, 0.15) is 36.7 Å². The summed E-state index contributed by atoms with van der Waals surface area (Å²) in [4.78, 5) is 11.8. The minimum absolute atomic E-state index is 0.0182. The van der Waals surface area contributed by atoms with Gasteiger partial charge in [0.15, 0.2) is 0 Å². The van der Waals surface area contributed by atoms with Gasteiger partial charge in [0.05, 0.1) is 11.8 Å². The van der Waals surface area contributed by atoms with Crippen molar-refractivity contribution in [3.8, 4) is 0 Å². The average molecular weight is 294 g/mol. The highest BCUT2D eigenvalue weighted by atomic mass is 16.3. The molecule has 118 valence electrons. The van der Waals surface area contributed by atoms with E-state index in [0.717, 1.165) is 30.7 Å². The molecule has 1 aromatic heterocycles. The molecule has 0 saturated heterocycles. The van der Waals surface area contributed by atoms with Gasteiger partial charge >= 0.3 is 6.03 Å². The van der Waals surface area contributed by atoms with Crippen LogP contribution in [0.15, 0.2) is 0 Å². The normalized spacial score (nSPS) is 17.4. The highest BCUT2D eigenvalue weighted by Crippen LogP contribution is 2.32. The standard InChI is InChI=1S/C15H26N4O2/c1-9(7-13-10(2)18-19(4)11(13)3)17-15(21)16-8-14(20)12-5-6-12/h9,12,14,20H,5-8H2,1-4H3,(H2,16,17,21)/t9-,14+/m1/s1. The third kappa shape index (κ3) is 4.20. The van der Waals surface area contributed by atoms with E-state index in [1.807, 2.05) is 32.5 Å². The molecular weight excluding hydrogens is 268 g/mol.